The minimum atomic E-state index is -3.78. The summed E-state index contributed by atoms with van der Waals surface area (Å²) in [5, 5.41) is 9.67. The van der Waals surface area contributed by atoms with Crippen LogP contribution in [0, 0.1) is 6.92 Å². The number of hydrogen-bond acceptors (Lipinski definition) is 6. The van der Waals surface area contributed by atoms with Crippen LogP contribution in [-0.4, -0.2) is 56.5 Å². The Bertz CT molecular complexity index is 1350. The maximum Gasteiger partial charge on any atom is 0.407 e. The highest BCUT2D eigenvalue weighted by Crippen LogP contribution is 2.31. The summed E-state index contributed by atoms with van der Waals surface area (Å²) in [5.74, 6) is 0.297. The Hall–Kier alpha value is -3.18. The van der Waals surface area contributed by atoms with E-state index in [9.17, 15) is 18.3 Å². The van der Waals surface area contributed by atoms with Gasteiger partial charge in [0.15, 0.2) is 11.5 Å². The highest BCUT2D eigenvalue weighted by atomic mass is 32.2. The number of aryl methyl sites for hydroxylation is 1. The molecule has 0 unspecified atom stereocenters. The number of aromatic nitrogens is 3. The van der Waals surface area contributed by atoms with Crippen molar-refractivity contribution in [2.24, 2.45) is 0 Å². The minimum Gasteiger partial charge on any atom is -0.465 e. The van der Waals surface area contributed by atoms with Gasteiger partial charge in [0.05, 0.1) is 16.8 Å². The molecule has 1 fully saturated rings. The Morgan fingerprint density at radius 1 is 1.20 bits per heavy atom. The molecule has 4 N–H and O–H groups in total. The third-order valence-corrected chi connectivity index (χ3v) is 8.08. The molecule has 2 heterocycles. The molecule has 0 spiro atoms. The second kappa shape index (κ2) is 9.12. The fourth-order valence-electron chi connectivity index (χ4n) is 4.91. The maximum atomic E-state index is 13.3. The predicted molar refractivity (Wildman–Crippen MR) is 134 cm³/mol. The number of fused-ring (bicyclic) bond motifs is 1. The summed E-state index contributed by atoms with van der Waals surface area (Å²) < 4.78 is 31.2. The highest BCUT2D eigenvalue weighted by Gasteiger charge is 2.36. The molecule has 1 aliphatic rings. The lowest BCUT2D eigenvalue weighted by Gasteiger charge is -2.42. The van der Waals surface area contributed by atoms with Crippen molar-refractivity contribution in [1.29, 1.82) is 0 Å². The summed E-state index contributed by atoms with van der Waals surface area (Å²) in [6, 6.07) is 4.64. The molecule has 0 radical (unpaired) electrons. The first-order valence-corrected chi connectivity index (χ1v) is 13.1. The molecule has 3 aromatic rings. The molecular weight excluding hydrogens is 468 g/mol. The Kier molecular flexibility index (Phi) is 6.50. The summed E-state index contributed by atoms with van der Waals surface area (Å²) in [7, 11) is -3.78. The van der Waals surface area contributed by atoms with E-state index in [2.05, 4.69) is 14.7 Å². The molecule has 0 aliphatic heterocycles. The Morgan fingerprint density at radius 2 is 1.89 bits per heavy atom. The number of nitrogens with one attached hydrogen (secondary N) is 1. The summed E-state index contributed by atoms with van der Waals surface area (Å²) >= 11 is 0. The lowest BCUT2D eigenvalue weighted by Crippen LogP contribution is -2.53. The number of carboxylic acid groups (broad SMARTS) is 1. The van der Waals surface area contributed by atoms with Gasteiger partial charge >= 0.3 is 6.09 Å². The van der Waals surface area contributed by atoms with Crippen LogP contribution in [-0.2, 0) is 10.0 Å². The van der Waals surface area contributed by atoms with Gasteiger partial charge in [-0.1, -0.05) is 6.07 Å². The van der Waals surface area contributed by atoms with Gasteiger partial charge in [0.1, 0.15) is 0 Å². The van der Waals surface area contributed by atoms with Crippen molar-refractivity contribution >= 4 is 27.6 Å². The number of hydrogen-bond donors (Lipinski definition) is 3. The molecule has 4 rings (SSSR count). The van der Waals surface area contributed by atoms with Crippen LogP contribution in [0.5, 0.6) is 0 Å². The lowest BCUT2D eigenvalue weighted by atomic mass is 9.88. The van der Waals surface area contributed by atoms with Crippen molar-refractivity contribution in [2.45, 2.75) is 75.9 Å². The standard InChI is InChI=1S/C24H32N6O4S/c1-15-5-10-18(13-19(15)20-14-27-22-21(25)26-11-12-29(20)22)35(33,34)28-16-6-8-17(9-7-16)30(23(31)32)24(2,3)4/h5,10-14,16-17,28H,6-9H2,1-4H3,(H2,25,26)(H,31,32)/t16-,17-. The molecule has 1 aromatic carbocycles. The van der Waals surface area contributed by atoms with Gasteiger partial charge in [-0.2, -0.15) is 0 Å². The van der Waals surface area contributed by atoms with Gasteiger partial charge in [-0.15, -0.1) is 0 Å². The quantitative estimate of drug-likeness (QED) is 0.485. The van der Waals surface area contributed by atoms with E-state index in [-0.39, 0.29) is 17.0 Å². The minimum absolute atomic E-state index is 0.128. The Morgan fingerprint density at radius 3 is 2.51 bits per heavy atom. The van der Waals surface area contributed by atoms with Gasteiger partial charge < -0.3 is 15.7 Å². The molecule has 1 amide bonds. The van der Waals surface area contributed by atoms with Gasteiger partial charge in [0.25, 0.3) is 0 Å². The van der Waals surface area contributed by atoms with Crippen LogP contribution in [0.15, 0.2) is 41.7 Å². The van der Waals surface area contributed by atoms with Crippen LogP contribution >= 0.6 is 0 Å². The molecule has 2 aromatic heterocycles. The van der Waals surface area contributed by atoms with Crippen molar-refractivity contribution in [3.05, 3.63) is 42.4 Å². The molecule has 0 atom stereocenters. The number of nitrogens with two attached hydrogens (primary N) is 1. The zero-order chi connectivity index (χ0) is 25.5. The van der Waals surface area contributed by atoms with Crippen molar-refractivity contribution in [3.8, 4) is 11.3 Å². The summed E-state index contributed by atoms with van der Waals surface area (Å²) in [6.07, 6.45) is 6.38. The maximum absolute atomic E-state index is 13.3. The molecule has 0 saturated heterocycles. The average molecular weight is 501 g/mol. The van der Waals surface area contributed by atoms with E-state index in [0.717, 1.165) is 16.8 Å². The SMILES string of the molecule is Cc1ccc(S(=O)(=O)N[C@H]2CC[C@H](N(C(=O)O)C(C)(C)C)CC2)cc1-c1cnc2c(N)nccn12. The smallest absolute Gasteiger partial charge is 0.407 e. The topological polar surface area (TPSA) is 143 Å². The molecule has 10 nitrogen and oxygen atoms in total. The second-order valence-electron chi connectivity index (χ2n) is 10.1. The fourth-order valence-corrected chi connectivity index (χ4v) is 6.24. The van der Waals surface area contributed by atoms with E-state index in [4.69, 9.17) is 5.73 Å². The second-order valence-corrected chi connectivity index (χ2v) is 11.8. The van der Waals surface area contributed by atoms with E-state index in [1.165, 1.54) is 4.90 Å². The summed E-state index contributed by atoms with van der Waals surface area (Å²) in [6.45, 7) is 7.53. The van der Waals surface area contributed by atoms with Crippen LogP contribution in [0.3, 0.4) is 0 Å². The number of anilines is 1. The van der Waals surface area contributed by atoms with Gasteiger partial charge in [-0.05, 0) is 71.1 Å². The zero-order valence-electron chi connectivity index (χ0n) is 20.4. The van der Waals surface area contributed by atoms with Crippen LogP contribution in [0.2, 0.25) is 0 Å². The molecule has 188 valence electrons. The van der Waals surface area contributed by atoms with Gasteiger partial charge in [0, 0.05) is 35.6 Å². The number of amides is 1. The van der Waals surface area contributed by atoms with E-state index in [1.807, 2.05) is 27.7 Å². The molecule has 11 heteroatoms. The third kappa shape index (κ3) is 4.96. The van der Waals surface area contributed by atoms with E-state index in [1.54, 1.807) is 41.2 Å². The first-order valence-electron chi connectivity index (χ1n) is 11.6. The van der Waals surface area contributed by atoms with Gasteiger partial charge in [-0.25, -0.2) is 27.9 Å². The number of nitrogen functional groups attached to an aromatic ring is 1. The first-order chi connectivity index (χ1) is 16.4. The molecular formula is C24H32N6O4S. The van der Waals surface area contributed by atoms with Crippen LogP contribution in [0.1, 0.15) is 52.0 Å². The number of nitrogens with zero attached hydrogens (tertiary/aromatic N) is 4. The predicted octanol–water partition coefficient (Wildman–Crippen LogP) is 3.65. The summed E-state index contributed by atoms with van der Waals surface area (Å²) in [4.78, 5) is 21.8. The Balaban J connectivity index is 1.53. The molecule has 0 bridgehead atoms. The lowest BCUT2D eigenvalue weighted by molar-refractivity contribution is 0.0541. The normalized spacial score (nSPS) is 19.1. The van der Waals surface area contributed by atoms with Gasteiger partial charge in [0.2, 0.25) is 10.0 Å². The first kappa shape index (κ1) is 24.9. The van der Waals surface area contributed by atoms with E-state index < -0.39 is 21.7 Å². The van der Waals surface area contributed by atoms with Crippen molar-refractivity contribution in [2.75, 3.05) is 5.73 Å². The van der Waals surface area contributed by atoms with Crippen molar-refractivity contribution in [1.82, 2.24) is 24.0 Å². The number of sulfonamides is 1. The van der Waals surface area contributed by atoms with Crippen LogP contribution in [0.25, 0.3) is 16.9 Å². The highest BCUT2D eigenvalue weighted by molar-refractivity contribution is 7.89. The summed E-state index contributed by atoms with van der Waals surface area (Å²) in [5.41, 5.74) is 8.27. The number of rotatable bonds is 5. The Labute approximate surface area is 205 Å². The average Bonchev–Trinajstić information content (AvgIpc) is 3.19. The number of carbonyl (C=O) groups is 1. The fraction of sp³-hybridized carbons (Fsp3) is 0.458. The zero-order valence-corrected chi connectivity index (χ0v) is 21.2. The molecule has 1 saturated carbocycles. The monoisotopic (exact) mass is 500 g/mol. The third-order valence-electron chi connectivity index (χ3n) is 6.56. The van der Waals surface area contributed by atoms with Crippen molar-refractivity contribution in [3.63, 3.8) is 0 Å². The van der Waals surface area contributed by atoms with Crippen molar-refractivity contribution < 1.29 is 18.3 Å². The molecule has 1 aliphatic carbocycles. The largest absolute Gasteiger partial charge is 0.465 e. The van der Waals surface area contributed by atoms with E-state index >= 15 is 0 Å². The van der Waals surface area contributed by atoms with Gasteiger partial charge in [-0.3, -0.25) is 4.40 Å². The van der Waals surface area contributed by atoms with Crippen LogP contribution < -0.4 is 10.5 Å². The molecule has 35 heavy (non-hydrogen) atoms. The number of imidazole rings is 1. The number of benzene rings is 1. The van der Waals surface area contributed by atoms with E-state index in [0.29, 0.717) is 37.1 Å². The van der Waals surface area contributed by atoms with Crippen LogP contribution in [0.4, 0.5) is 10.6 Å².